The number of hydrogen-bond donors (Lipinski definition) is 2. The van der Waals surface area contributed by atoms with E-state index in [1.54, 1.807) is 0 Å². The molecule has 0 aliphatic carbocycles. The van der Waals surface area contributed by atoms with E-state index >= 15 is 0 Å². The Balaban J connectivity index is 2.89. The van der Waals surface area contributed by atoms with Crippen molar-refractivity contribution in [3.8, 4) is 0 Å². The van der Waals surface area contributed by atoms with Gasteiger partial charge in [-0.25, -0.2) is 4.39 Å². The molecule has 2 N–H and O–H groups in total. The van der Waals surface area contributed by atoms with Gasteiger partial charge in [-0.3, -0.25) is 9.59 Å². The fourth-order valence-corrected chi connectivity index (χ4v) is 1.79. The van der Waals surface area contributed by atoms with Crippen molar-refractivity contribution < 1.29 is 19.1 Å². The molecule has 1 amide bonds. The third-order valence-corrected chi connectivity index (χ3v) is 2.31. The number of rotatable bonds is 3. The van der Waals surface area contributed by atoms with E-state index in [2.05, 4.69) is 21.2 Å². The Bertz CT molecular complexity index is 453. The molecule has 7 heteroatoms. The van der Waals surface area contributed by atoms with Gasteiger partial charge in [0.05, 0.1) is 10.7 Å². The number of carboxylic acid groups (broad SMARTS) is 1. The lowest BCUT2D eigenvalue weighted by Crippen LogP contribution is -2.16. The van der Waals surface area contributed by atoms with Gasteiger partial charge in [0.2, 0.25) is 5.91 Å². The van der Waals surface area contributed by atoms with Crippen LogP contribution in [0.2, 0.25) is 5.02 Å². The Labute approximate surface area is 104 Å². The van der Waals surface area contributed by atoms with Crippen molar-refractivity contribution >= 4 is 45.1 Å². The minimum Gasteiger partial charge on any atom is -0.481 e. The van der Waals surface area contributed by atoms with Crippen molar-refractivity contribution in [1.82, 2.24) is 0 Å². The quantitative estimate of drug-likeness (QED) is 0.666. The SMILES string of the molecule is O=C(O)CC(=O)Nc1cc(Br)cc(Cl)c1F. The fraction of sp³-hybridized carbons (Fsp3) is 0.111. The Morgan fingerprint density at radius 3 is 2.69 bits per heavy atom. The lowest BCUT2D eigenvalue weighted by atomic mass is 10.3. The molecule has 16 heavy (non-hydrogen) atoms. The van der Waals surface area contributed by atoms with Gasteiger partial charge in [-0.15, -0.1) is 0 Å². The van der Waals surface area contributed by atoms with Gasteiger partial charge in [0.1, 0.15) is 6.42 Å². The van der Waals surface area contributed by atoms with Gasteiger partial charge in [0, 0.05) is 4.47 Å². The molecule has 1 rings (SSSR count). The monoisotopic (exact) mass is 309 g/mol. The zero-order valence-corrected chi connectivity index (χ0v) is 10.1. The summed E-state index contributed by atoms with van der Waals surface area (Å²) < 4.78 is 13.8. The number of carbonyl (C=O) groups excluding carboxylic acids is 1. The molecular formula is C9H6BrClFNO3. The predicted octanol–water partition coefficient (Wildman–Crippen LogP) is 2.65. The third kappa shape index (κ3) is 3.46. The second-order valence-corrected chi connectivity index (χ2v) is 4.19. The number of halogens is 3. The first-order valence-corrected chi connectivity index (χ1v) is 5.23. The van der Waals surface area contributed by atoms with Gasteiger partial charge in [-0.1, -0.05) is 27.5 Å². The molecule has 4 nitrogen and oxygen atoms in total. The molecule has 0 atom stereocenters. The summed E-state index contributed by atoms with van der Waals surface area (Å²) in [6, 6.07) is 2.62. The van der Waals surface area contributed by atoms with Crippen LogP contribution in [-0.4, -0.2) is 17.0 Å². The number of anilines is 1. The Morgan fingerprint density at radius 2 is 2.12 bits per heavy atom. The maximum atomic E-state index is 13.4. The van der Waals surface area contributed by atoms with Gasteiger partial charge in [-0.2, -0.15) is 0 Å². The van der Waals surface area contributed by atoms with E-state index in [1.165, 1.54) is 12.1 Å². The smallest absolute Gasteiger partial charge is 0.312 e. The number of amides is 1. The minimum atomic E-state index is -1.29. The summed E-state index contributed by atoms with van der Waals surface area (Å²) >= 11 is 8.60. The van der Waals surface area contributed by atoms with E-state index in [-0.39, 0.29) is 10.7 Å². The first kappa shape index (κ1) is 12.9. The van der Waals surface area contributed by atoms with Crippen LogP contribution in [0, 0.1) is 5.82 Å². The maximum absolute atomic E-state index is 13.4. The summed E-state index contributed by atoms with van der Waals surface area (Å²) in [6.45, 7) is 0. The number of carboxylic acids is 1. The molecule has 0 aromatic heterocycles. The normalized spacial score (nSPS) is 9.94. The number of carbonyl (C=O) groups is 2. The van der Waals surface area contributed by atoms with Gasteiger partial charge >= 0.3 is 5.97 Å². The topological polar surface area (TPSA) is 66.4 Å². The van der Waals surface area contributed by atoms with Crippen molar-refractivity contribution in [2.75, 3.05) is 5.32 Å². The van der Waals surface area contributed by atoms with Crippen LogP contribution in [-0.2, 0) is 9.59 Å². The van der Waals surface area contributed by atoms with Crippen LogP contribution >= 0.6 is 27.5 Å². The highest BCUT2D eigenvalue weighted by atomic mass is 79.9. The molecule has 0 saturated carbocycles. The van der Waals surface area contributed by atoms with Crippen LogP contribution in [0.3, 0.4) is 0 Å². The van der Waals surface area contributed by atoms with Crippen molar-refractivity contribution in [1.29, 1.82) is 0 Å². The highest BCUT2D eigenvalue weighted by Gasteiger charge is 2.13. The van der Waals surface area contributed by atoms with Crippen molar-refractivity contribution in [2.45, 2.75) is 6.42 Å². The largest absolute Gasteiger partial charge is 0.481 e. The fourth-order valence-electron chi connectivity index (χ4n) is 0.979. The summed E-state index contributed by atoms with van der Waals surface area (Å²) in [5.74, 6) is -2.91. The molecular weight excluding hydrogens is 304 g/mol. The molecule has 0 fully saturated rings. The van der Waals surface area contributed by atoms with Gasteiger partial charge in [-0.05, 0) is 12.1 Å². The molecule has 0 bridgehead atoms. The molecule has 0 heterocycles. The number of hydrogen-bond acceptors (Lipinski definition) is 2. The lowest BCUT2D eigenvalue weighted by molar-refractivity contribution is -0.139. The van der Waals surface area contributed by atoms with Gasteiger partial charge < -0.3 is 10.4 Å². The van der Waals surface area contributed by atoms with E-state index in [0.717, 1.165) is 0 Å². The van der Waals surface area contributed by atoms with Crippen LogP contribution in [0.4, 0.5) is 10.1 Å². The molecule has 0 unspecified atom stereocenters. The Hall–Kier alpha value is -1.14. The number of nitrogens with one attached hydrogen (secondary N) is 1. The van der Waals surface area contributed by atoms with Crippen LogP contribution < -0.4 is 5.32 Å². The maximum Gasteiger partial charge on any atom is 0.312 e. The predicted molar refractivity (Wildman–Crippen MR) is 60.0 cm³/mol. The summed E-state index contributed by atoms with van der Waals surface area (Å²) in [5, 5.41) is 10.3. The van der Waals surface area contributed by atoms with Gasteiger partial charge in [0.15, 0.2) is 5.82 Å². The Morgan fingerprint density at radius 1 is 1.50 bits per heavy atom. The molecule has 0 aliphatic rings. The zero-order chi connectivity index (χ0) is 12.3. The summed E-state index contributed by atoms with van der Waals surface area (Å²) in [6.07, 6.45) is -0.733. The first-order valence-electron chi connectivity index (χ1n) is 4.06. The second kappa shape index (κ2) is 5.27. The highest BCUT2D eigenvalue weighted by molar-refractivity contribution is 9.10. The van der Waals surface area contributed by atoms with E-state index in [0.29, 0.717) is 4.47 Å². The zero-order valence-electron chi connectivity index (χ0n) is 7.76. The summed E-state index contributed by atoms with van der Waals surface area (Å²) in [7, 11) is 0. The first-order chi connectivity index (χ1) is 7.40. The van der Waals surface area contributed by atoms with Crippen molar-refractivity contribution in [2.24, 2.45) is 0 Å². The van der Waals surface area contributed by atoms with Gasteiger partial charge in [0.25, 0.3) is 0 Å². The highest BCUT2D eigenvalue weighted by Crippen LogP contribution is 2.27. The lowest BCUT2D eigenvalue weighted by Gasteiger charge is -2.06. The standard InChI is InChI=1S/C9H6BrClFNO3/c10-4-1-5(11)9(12)6(2-4)13-7(14)3-8(15)16/h1-2H,3H2,(H,13,14)(H,15,16). The van der Waals surface area contributed by atoms with Crippen LogP contribution in [0.25, 0.3) is 0 Å². The van der Waals surface area contributed by atoms with Crippen molar-refractivity contribution in [3.05, 3.63) is 27.4 Å². The van der Waals surface area contributed by atoms with E-state index in [9.17, 15) is 14.0 Å². The minimum absolute atomic E-state index is 0.161. The molecule has 86 valence electrons. The van der Waals surface area contributed by atoms with Crippen molar-refractivity contribution in [3.63, 3.8) is 0 Å². The Kier molecular flexibility index (Phi) is 4.26. The summed E-state index contributed by atoms with van der Waals surface area (Å²) in [5.41, 5.74) is -0.161. The molecule has 0 radical (unpaired) electrons. The molecule has 1 aromatic carbocycles. The van der Waals surface area contributed by atoms with Crippen LogP contribution in [0.5, 0.6) is 0 Å². The third-order valence-electron chi connectivity index (χ3n) is 1.58. The van der Waals surface area contributed by atoms with E-state index in [4.69, 9.17) is 16.7 Å². The molecule has 0 spiro atoms. The van der Waals surface area contributed by atoms with Crippen LogP contribution in [0.15, 0.2) is 16.6 Å². The summed E-state index contributed by atoms with van der Waals surface area (Å²) in [4.78, 5) is 21.3. The number of aliphatic carboxylic acids is 1. The molecule has 0 saturated heterocycles. The van der Waals surface area contributed by atoms with E-state index < -0.39 is 24.1 Å². The second-order valence-electron chi connectivity index (χ2n) is 2.87. The average Bonchev–Trinajstić information content (AvgIpc) is 2.11. The molecule has 0 aliphatic heterocycles. The van der Waals surface area contributed by atoms with E-state index in [1.807, 2.05) is 0 Å². The number of benzene rings is 1. The molecule has 1 aromatic rings. The average molecular weight is 311 g/mol. The van der Waals surface area contributed by atoms with Crippen LogP contribution in [0.1, 0.15) is 6.42 Å².